The largest absolute Gasteiger partial charge is 0.478 e. The second-order valence-corrected chi connectivity index (χ2v) is 4.98. The highest BCUT2D eigenvalue weighted by atomic mass is 79.9. The standard InChI is InChI=1S/C11H11Br2O4/c1-7(11(15)16-5-4-14)17-10-6-8(12)2-3-9(10)13/h2-3,6-7H,4-5H2,1H3. The molecule has 0 fully saturated rings. The molecule has 6 heteroatoms. The molecule has 0 aliphatic rings. The average Bonchev–Trinajstić information content (AvgIpc) is 2.30. The third-order valence-electron chi connectivity index (χ3n) is 1.86. The van der Waals surface area contributed by atoms with E-state index in [0.29, 0.717) is 5.75 Å². The van der Waals surface area contributed by atoms with Crippen LogP contribution in [0, 0.1) is 0 Å². The van der Waals surface area contributed by atoms with Crippen LogP contribution in [-0.4, -0.2) is 25.3 Å². The molecule has 93 valence electrons. The molecule has 0 saturated carbocycles. The average molecular weight is 367 g/mol. The molecule has 1 rings (SSSR count). The molecule has 1 aromatic rings. The summed E-state index contributed by atoms with van der Waals surface area (Å²) in [5, 5.41) is 10.2. The van der Waals surface area contributed by atoms with Crippen molar-refractivity contribution >= 4 is 37.8 Å². The molecule has 4 nitrogen and oxygen atoms in total. The summed E-state index contributed by atoms with van der Waals surface area (Å²) in [5.41, 5.74) is 0. The smallest absolute Gasteiger partial charge is 0.347 e. The first-order chi connectivity index (χ1) is 8.04. The predicted molar refractivity (Wildman–Crippen MR) is 68.4 cm³/mol. The quantitative estimate of drug-likeness (QED) is 0.753. The van der Waals surface area contributed by atoms with E-state index in [0.717, 1.165) is 8.95 Å². The summed E-state index contributed by atoms with van der Waals surface area (Å²) in [6, 6.07) is 5.38. The highest BCUT2D eigenvalue weighted by Crippen LogP contribution is 2.29. The second-order valence-electron chi connectivity index (χ2n) is 3.21. The van der Waals surface area contributed by atoms with E-state index >= 15 is 0 Å². The van der Waals surface area contributed by atoms with Gasteiger partial charge in [-0.15, -0.1) is 0 Å². The molecule has 1 unspecified atom stereocenters. The number of benzene rings is 1. The molecular formula is C11H11Br2O4. The van der Waals surface area contributed by atoms with Crippen molar-refractivity contribution in [2.24, 2.45) is 0 Å². The molecule has 0 N–H and O–H groups in total. The molecule has 1 radical (unpaired) electrons. The topological polar surface area (TPSA) is 55.4 Å². The Bertz CT molecular complexity index is 395. The summed E-state index contributed by atoms with van der Waals surface area (Å²) in [7, 11) is 0. The lowest BCUT2D eigenvalue weighted by molar-refractivity contribution is -0.152. The van der Waals surface area contributed by atoms with Gasteiger partial charge in [0.1, 0.15) is 19.0 Å². The lowest BCUT2D eigenvalue weighted by atomic mass is 10.3. The van der Waals surface area contributed by atoms with Crippen molar-refractivity contribution in [3.05, 3.63) is 27.1 Å². The van der Waals surface area contributed by atoms with Gasteiger partial charge in [0.05, 0.1) is 4.47 Å². The Morgan fingerprint density at radius 1 is 1.41 bits per heavy atom. The maximum atomic E-state index is 11.4. The summed E-state index contributed by atoms with van der Waals surface area (Å²) >= 11 is 6.62. The van der Waals surface area contributed by atoms with Crippen LogP contribution in [0.15, 0.2) is 27.1 Å². The summed E-state index contributed by atoms with van der Waals surface area (Å²) in [6.07, 6.45) is -0.757. The van der Waals surface area contributed by atoms with Crippen LogP contribution >= 0.6 is 31.9 Å². The fourth-order valence-electron chi connectivity index (χ4n) is 1.07. The number of rotatable bonds is 5. The molecule has 1 atom stereocenters. The SMILES string of the molecule is CC(Oc1cc(Br)ccc1Br)C(=O)OCC[O]. The third kappa shape index (κ3) is 4.65. The fraction of sp³-hybridized carbons (Fsp3) is 0.364. The van der Waals surface area contributed by atoms with E-state index in [4.69, 9.17) is 9.47 Å². The van der Waals surface area contributed by atoms with Gasteiger partial charge in [0.25, 0.3) is 0 Å². The lowest BCUT2D eigenvalue weighted by Gasteiger charge is -2.14. The first kappa shape index (κ1) is 14.5. The Labute approximate surface area is 116 Å². The number of carbonyl (C=O) groups excluding carboxylic acids is 1. The van der Waals surface area contributed by atoms with Crippen molar-refractivity contribution in [1.82, 2.24) is 0 Å². The van der Waals surface area contributed by atoms with E-state index in [-0.39, 0.29) is 6.61 Å². The van der Waals surface area contributed by atoms with Gasteiger partial charge in [0.2, 0.25) is 0 Å². The van der Waals surface area contributed by atoms with Gasteiger partial charge in [-0.25, -0.2) is 9.90 Å². The maximum Gasteiger partial charge on any atom is 0.347 e. The van der Waals surface area contributed by atoms with Gasteiger partial charge in [-0.3, -0.25) is 0 Å². The van der Waals surface area contributed by atoms with Crippen molar-refractivity contribution in [3.63, 3.8) is 0 Å². The molecule has 0 aliphatic carbocycles. The molecular weight excluding hydrogens is 356 g/mol. The van der Waals surface area contributed by atoms with Gasteiger partial charge in [-0.1, -0.05) is 15.9 Å². The molecule has 17 heavy (non-hydrogen) atoms. The Morgan fingerprint density at radius 2 is 2.12 bits per heavy atom. The maximum absolute atomic E-state index is 11.4. The van der Waals surface area contributed by atoms with Crippen LogP contribution in [-0.2, 0) is 14.6 Å². The van der Waals surface area contributed by atoms with Gasteiger partial charge in [-0.2, -0.15) is 0 Å². The van der Waals surface area contributed by atoms with E-state index in [9.17, 15) is 9.90 Å². The normalized spacial score (nSPS) is 12.0. The molecule has 1 aromatic carbocycles. The van der Waals surface area contributed by atoms with E-state index < -0.39 is 18.7 Å². The van der Waals surface area contributed by atoms with Gasteiger partial charge in [0.15, 0.2) is 6.10 Å². The highest BCUT2D eigenvalue weighted by molar-refractivity contribution is 9.11. The van der Waals surface area contributed by atoms with Gasteiger partial charge in [-0.05, 0) is 41.1 Å². The summed E-state index contributed by atoms with van der Waals surface area (Å²) in [4.78, 5) is 11.4. The van der Waals surface area contributed by atoms with Crippen LogP contribution in [0.5, 0.6) is 5.75 Å². The predicted octanol–water partition coefficient (Wildman–Crippen LogP) is 2.95. The number of ether oxygens (including phenoxy) is 2. The van der Waals surface area contributed by atoms with Crippen molar-refractivity contribution in [2.45, 2.75) is 13.0 Å². The minimum Gasteiger partial charge on any atom is -0.478 e. The van der Waals surface area contributed by atoms with Gasteiger partial charge < -0.3 is 9.47 Å². The van der Waals surface area contributed by atoms with Crippen LogP contribution < -0.4 is 4.74 Å². The molecule has 0 bridgehead atoms. The number of esters is 1. The van der Waals surface area contributed by atoms with E-state index in [1.54, 1.807) is 19.1 Å². The minimum atomic E-state index is -0.757. The van der Waals surface area contributed by atoms with Gasteiger partial charge >= 0.3 is 5.97 Å². The second kappa shape index (κ2) is 6.98. The molecule has 0 aliphatic heterocycles. The zero-order chi connectivity index (χ0) is 12.8. The van der Waals surface area contributed by atoms with Crippen molar-refractivity contribution < 1.29 is 19.4 Å². The number of hydrogen-bond acceptors (Lipinski definition) is 3. The Kier molecular flexibility index (Phi) is 5.94. The first-order valence-electron chi connectivity index (χ1n) is 4.91. The first-order valence-corrected chi connectivity index (χ1v) is 6.49. The molecule has 0 saturated heterocycles. The van der Waals surface area contributed by atoms with Crippen LogP contribution in [0.4, 0.5) is 0 Å². The lowest BCUT2D eigenvalue weighted by Crippen LogP contribution is -2.27. The van der Waals surface area contributed by atoms with Crippen molar-refractivity contribution in [2.75, 3.05) is 13.2 Å². The van der Waals surface area contributed by atoms with E-state index in [2.05, 4.69) is 31.9 Å². The summed E-state index contributed by atoms with van der Waals surface area (Å²) < 4.78 is 11.7. The van der Waals surface area contributed by atoms with Crippen molar-refractivity contribution in [1.29, 1.82) is 0 Å². The molecule has 0 aromatic heterocycles. The number of hydrogen-bond donors (Lipinski definition) is 0. The minimum absolute atomic E-state index is 0.133. The zero-order valence-corrected chi connectivity index (χ0v) is 12.3. The van der Waals surface area contributed by atoms with Crippen LogP contribution in [0.2, 0.25) is 0 Å². The highest BCUT2D eigenvalue weighted by Gasteiger charge is 2.17. The Hall–Kier alpha value is -0.590. The van der Waals surface area contributed by atoms with E-state index in [1.165, 1.54) is 0 Å². The van der Waals surface area contributed by atoms with Gasteiger partial charge in [0, 0.05) is 4.47 Å². The Balaban J connectivity index is 2.64. The molecule has 0 amide bonds. The Morgan fingerprint density at radius 3 is 2.76 bits per heavy atom. The van der Waals surface area contributed by atoms with E-state index in [1.807, 2.05) is 6.07 Å². The number of halogens is 2. The van der Waals surface area contributed by atoms with Crippen LogP contribution in [0.25, 0.3) is 0 Å². The third-order valence-corrected chi connectivity index (χ3v) is 3.00. The monoisotopic (exact) mass is 365 g/mol. The summed E-state index contributed by atoms with van der Waals surface area (Å²) in [5.74, 6) is -0.0151. The van der Waals surface area contributed by atoms with Crippen LogP contribution in [0.3, 0.4) is 0 Å². The fourth-order valence-corrected chi connectivity index (χ4v) is 1.75. The molecule has 0 spiro atoms. The summed E-state index contributed by atoms with van der Waals surface area (Å²) in [6.45, 7) is 0.992. The molecule has 0 heterocycles. The zero-order valence-electron chi connectivity index (χ0n) is 9.11. The number of carbonyl (C=O) groups is 1. The van der Waals surface area contributed by atoms with Crippen molar-refractivity contribution in [3.8, 4) is 5.75 Å². The van der Waals surface area contributed by atoms with Crippen LogP contribution in [0.1, 0.15) is 6.92 Å².